The molecule has 0 N–H and O–H groups in total. The fraction of sp³-hybridized carbons (Fsp3) is 0.786. The maximum Gasteiger partial charge on any atom is 0.157 e. The largest absolute Gasteiger partial charge is 0.490 e. The molecule has 0 spiro atoms. The van der Waals surface area contributed by atoms with Crippen LogP contribution in [0.4, 0.5) is 0 Å². The zero-order valence-electron chi connectivity index (χ0n) is 11.6. The molecule has 1 atom stereocenters. The molecule has 0 saturated carbocycles. The van der Waals surface area contributed by atoms with Crippen LogP contribution in [-0.4, -0.2) is 40.9 Å². The highest BCUT2D eigenvalue weighted by molar-refractivity contribution is 5.11. The summed E-state index contributed by atoms with van der Waals surface area (Å²) in [5, 5.41) is 4.27. The lowest BCUT2D eigenvalue weighted by Crippen LogP contribution is -2.37. The van der Waals surface area contributed by atoms with Gasteiger partial charge in [0.1, 0.15) is 0 Å². The summed E-state index contributed by atoms with van der Waals surface area (Å²) in [6.07, 6.45) is 10.1. The monoisotopic (exact) mass is 251 g/mol. The number of ether oxygens (including phenoxy) is 1. The van der Waals surface area contributed by atoms with E-state index in [1.165, 1.54) is 25.8 Å². The lowest BCUT2D eigenvalue weighted by Gasteiger charge is -2.32. The molecule has 1 aliphatic heterocycles. The van der Waals surface area contributed by atoms with Gasteiger partial charge in [0.15, 0.2) is 5.75 Å². The zero-order chi connectivity index (χ0) is 12.8. The fourth-order valence-electron chi connectivity index (χ4n) is 2.59. The van der Waals surface area contributed by atoms with E-state index in [4.69, 9.17) is 4.74 Å². The molecule has 2 heterocycles. The number of likely N-dealkylation sites (tertiary alicyclic amines) is 1. The molecule has 1 saturated heterocycles. The van der Waals surface area contributed by atoms with Gasteiger partial charge in [0.25, 0.3) is 0 Å². The summed E-state index contributed by atoms with van der Waals surface area (Å²) < 4.78 is 7.72. The molecule has 2 rings (SSSR count). The lowest BCUT2D eigenvalue weighted by atomic mass is 10.0. The van der Waals surface area contributed by atoms with Crippen molar-refractivity contribution in [3.8, 4) is 5.75 Å². The highest BCUT2D eigenvalue weighted by Crippen LogP contribution is 2.18. The van der Waals surface area contributed by atoms with Crippen molar-refractivity contribution < 1.29 is 4.74 Å². The molecule has 4 nitrogen and oxygen atoms in total. The molecule has 1 aromatic rings. The van der Waals surface area contributed by atoms with E-state index in [-0.39, 0.29) is 0 Å². The number of rotatable bonds is 6. The van der Waals surface area contributed by atoms with Crippen LogP contribution in [0.2, 0.25) is 0 Å². The Morgan fingerprint density at radius 1 is 1.44 bits per heavy atom. The van der Waals surface area contributed by atoms with Gasteiger partial charge in [-0.3, -0.25) is 4.68 Å². The molecule has 18 heavy (non-hydrogen) atoms. The number of hydrogen-bond donors (Lipinski definition) is 0. The van der Waals surface area contributed by atoms with Crippen LogP contribution in [0.25, 0.3) is 0 Å². The Morgan fingerprint density at radius 3 is 3.11 bits per heavy atom. The average molecular weight is 251 g/mol. The van der Waals surface area contributed by atoms with Gasteiger partial charge in [-0.2, -0.15) is 5.10 Å². The van der Waals surface area contributed by atoms with Gasteiger partial charge < -0.3 is 9.64 Å². The second kappa shape index (κ2) is 6.78. The third-order valence-corrected chi connectivity index (χ3v) is 3.70. The highest BCUT2D eigenvalue weighted by Gasteiger charge is 2.18. The smallest absolute Gasteiger partial charge is 0.157 e. The SMILES string of the molecule is CCCn1cc(OCCC2CCCCN2C)cn1. The average Bonchev–Trinajstić information content (AvgIpc) is 2.80. The van der Waals surface area contributed by atoms with Crippen LogP contribution in [0.15, 0.2) is 12.4 Å². The summed E-state index contributed by atoms with van der Waals surface area (Å²) in [6, 6.07) is 0.699. The van der Waals surface area contributed by atoms with E-state index in [1.54, 1.807) is 0 Å². The normalized spacial score (nSPS) is 21.1. The first-order valence-electron chi connectivity index (χ1n) is 7.15. The van der Waals surface area contributed by atoms with E-state index in [1.807, 2.05) is 17.1 Å². The summed E-state index contributed by atoms with van der Waals surface area (Å²) in [4.78, 5) is 2.47. The Balaban J connectivity index is 1.70. The second-order valence-corrected chi connectivity index (χ2v) is 5.21. The lowest BCUT2D eigenvalue weighted by molar-refractivity contribution is 0.153. The van der Waals surface area contributed by atoms with Crippen molar-refractivity contribution in [1.82, 2.24) is 14.7 Å². The summed E-state index contributed by atoms with van der Waals surface area (Å²) in [6.45, 7) is 5.15. The van der Waals surface area contributed by atoms with Crippen molar-refractivity contribution in [3.05, 3.63) is 12.4 Å². The van der Waals surface area contributed by atoms with Crippen molar-refractivity contribution in [3.63, 3.8) is 0 Å². The Labute approximate surface area is 110 Å². The van der Waals surface area contributed by atoms with Crippen molar-refractivity contribution >= 4 is 0 Å². The number of aromatic nitrogens is 2. The van der Waals surface area contributed by atoms with Crippen LogP contribution in [0.1, 0.15) is 39.0 Å². The first-order chi connectivity index (χ1) is 8.79. The second-order valence-electron chi connectivity index (χ2n) is 5.21. The van der Waals surface area contributed by atoms with E-state index in [0.717, 1.165) is 31.7 Å². The summed E-state index contributed by atoms with van der Waals surface area (Å²) in [5.74, 6) is 0.905. The Bertz CT molecular complexity index is 351. The molecule has 0 aliphatic carbocycles. The molecular formula is C14H25N3O. The number of nitrogens with zero attached hydrogens (tertiary/aromatic N) is 3. The van der Waals surface area contributed by atoms with Gasteiger partial charge in [-0.1, -0.05) is 13.3 Å². The van der Waals surface area contributed by atoms with Crippen LogP contribution in [0.3, 0.4) is 0 Å². The maximum atomic E-state index is 5.77. The molecule has 1 fully saturated rings. The van der Waals surface area contributed by atoms with Gasteiger partial charge in [0, 0.05) is 12.6 Å². The molecule has 1 aliphatic rings. The Morgan fingerprint density at radius 2 is 2.33 bits per heavy atom. The molecule has 1 aromatic heterocycles. The first kappa shape index (κ1) is 13.4. The van der Waals surface area contributed by atoms with Crippen molar-refractivity contribution in [2.24, 2.45) is 0 Å². The molecule has 0 amide bonds. The predicted molar refractivity (Wildman–Crippen MR) is 72.9 cm³/mol. The van der Waals surface area contributed by atoms with Crippen LogP contribution >= 0.6 is 0 Å². The van der Waals surface area contributed by atoms with Crippen LogP contribution in [-0.2, 0) is 6.54 Å². The standard InChI is InChI=1S/C14H25N3O/c1-3-8-17-12-14(11-15-17)18-10-7-13-6-4-5-9-16(13)2/h11-13H,3-10H2,1-2H3. The molecule has 102 valence electrons. The summed E-state index contributed by atoms with van der Waals surface area (Å²) >= 11 is 0. The van der Waals surface area contributed by atoms with Gasteiger partial charge >= 0.3 is 0 Å². The number of aryl methyl sites for hydroxylation is 1. The van der Waals surface area contributed by atoms with Gasteiger partial charge in [-0.15, -0.1) is 0 Å². The van der Waals surface area contributed by atoms with Crippen molar-refractivity contribution in [2.45, 2.75) is 51.6 Å². The highest BCUT2D eigenvalue weighted by atomic mass is 16.5. The van der Waals surface area contributed by atoms with Crippen LogP contribution in [0.5, 0.6) is 5.75 Å². The maximum absolute atomic E-state index is 5.77. The van der Waals surface area contributed by atoms with E-state index in [9.17, 15) is 0 Å². The van der Waals surface area contributed by atoms with Gasteiger partial charge in [0.05, 0.1) is 19.0 Å². The van der Waals surface area contributed by atoms with E-state index < -0.39 is 0 Å². The van der Waals surface area contributed by atoms with Gasteiger partial charge in [-0.25, -0.2) is 0 Å². The predicted octanol–water partition coefficient (Wildman–Crippen LogP) is 2.55. The van der Waals surface area contributed by atoms with Gasteiger partial charge in [0.2, 0.25) is 0 Å². The third kappa shape index (κ3) is 3.73. The Hall–Kier alpha value is -1.03. The van der Waals surface area contributed by atoms with Gasteiger partial charge in [-0.05, 0) is 39.3 Å². The molecule has 0 radical (unpaired) electrons. The zero-order valence-corrected chi connectivity index (χ0v) is 11.6. The molecule has 0 bridgehead atoms. The van der Waals surface area contributed by atoms with Crippen LogP contribution < -0.4 is 4.74 Å². The van der Waals surface area contributed by atoms with E-state index >= 15 is 0 Å². The topological polar surface area (TPSA) is 30.3 Å². The minimum atomic E-state index is 0.699. The Kier molecular flexibility index (Phi) is 5.05. The molecule has 1 unspecified atom stereocenters. The van der Waals surface area contributed by atoms with E-state index in [2.05, 4.69) is 24.0 Å². The van der Waals surface area contributed by atoms with Crippen molar-refractivity contribution in [2.75, 3.05) is 20.2 Å². The number of piperidine rings is 1. The fourth-order valence-corrected chi connectivity index (χ4v) is 2.59. The third-order valence-electron chi connectivity index (χ3n) is 3.70. The minimum Gasteiger partial charge on any atom is -0.490 e. The van der Waals surface area contributed by atoms with Crippen LogP contribution in [0, 0.1) is 0 Å². The summed E-state index contributed by atoms with van der Waals surface area (Å²) in [7, 11) is 2.23. The minimum absolute atomic E-state index is 0.699. The molecular weight excluding hydrogens is 226 g/mol. The quantitative estimate of drug-likeness (QED) is 0.778. The van der Waals surface area contributed by atoms with Crippen molar-refractivity contribution in [1.29, 1.82) is 0 Å². The molecule has 0 aromatic carbocycles. The number of hydrogen-bond acceptors (Lipinski definition) is 3. The summed E-state index contributed by atoms with van der Waals surface area (Å²) in [5.41, 5.74) is 0. The molecule has 4 heteroatoms. The van der Waals surface area contributed by atoms with E-state index in [0.29, 0.717) is 6.04 Å². The first-order valence-corrected chi connectivity index (χ1v) is 7.15.